The van der Waals surface area contributed by atoms with Crippen LogP contribution in [0.3, 0.4) is 0 Å². The molecule has 0 fully saturated rings. The number of aromatic hydroxyl groups is 2. The van der Waals surface area contributed by atoms with Crippen LogP contribution in [0.2, 0.25) is 0 Å². The molecule has 0 unspecified atom stereocenters. The van der Waals surface area contributed by atoms with Crippen LogP contribution in [0.5, 0.6) is 11.5 Å². The molecular formula is C24H18O6. The predicted molar refractivity (Wildman–Crippen MR) is 113 cm³/mol. The number of hydrogen-bond donors (Lipinski definition) is 2. The summed E-state index contributed by atoms with van der Waals surface area (Å²) in [5.74, 6) is -1.47. The zero-order valence-electron chi connectivity index (χ0n) is 16.3. The number of methoxy groups -OCH3 is 2. The third kappa shape index (κ3) is 2.90. The van der Waals surface area contributed by atoms with Gasteiger partial charge in [-0.3, -0.25) is 0 Å². The number of phenols is 2. The minimum absolute atomic E-state index is 0.152. The first kappa shape index (κ1) is 19.3. The fraction of sp³-hybridized carbons (Fsp3) is 0.0833. The maximum absolute atomic E-state index is 12.5. The van der Waals surface area contributed by atoms with E-state index >= 15 is 0 Å². The number of fused-ring (bicyclic) bond motifs is 2. The number of carbonyl (C=O) groups is 2. The molecule has 0 aliphatic rings. The molecule has 0 bridgehead atoms. The van der Waals surface area contributed by atoms with Crippen LogP contribution in [-0.4, -0.2) is 36.4 Å². The fourth-order valence-electron chi connectivity index (χ4n) is 3.80. The molecule has 2 N–H and O–H groups in total. The number of hydrogen-bond acceptors (Lipinski definition) is 6. The van der Waals surface area contributed by atoms with Crippen LogP contribution in [0.1, 0.15) is 20.7 Å². The Morgan fingerprint density at radius 1 is 0.633 bits per heavy atom. The SMILES string of the molecule is COC(=O)c1cccc2ccc(O)c(-c3c(O)ccc4cccc(C(=O)OC)c34)c12. The molecule has 0 heterocycles. The van der Waals surface area contributed by atoms with Crippen molar-refractivity contribution in [1.29, 1.82) is 0 Å². The van der Waals surface area contributed by atoms with Crippen LogP contribution in [0, 0.1) is 0 Å². The summed E-state index contributed by atoms with van der Waals surface area (Å²) in [5, 5.41) is 23.8. The van der Waals surface area contributed by atoms with Gasteiger partial charge in [0.2, 0.25) is 0 Å². The van der Waals surface area contributed by atoms with Gasteiger partial charge in [-0.15, -0.1) is 0 Å². The van der Waals surface area contributed by atoms with E-state index in [1.165, 1.54) is 26.4 Å². The number of rotatable bonds is 3. The van der Waals surface area contributed by atoms with Crippen LogP contribution in [0.4, 0.5) is 0 Å². The Bertz CT molecular complexity index is 1220. The van der Waals surface area contributed by atoms with Gasteiger partial charge in [-0.2, -0.15) is 0 Å². The van der Waals surface area contributed by atoms with E-state index in [1.807, 2.05) is 0 Å². The van der Waals surface area contributed by atoms with Crippen molar-refractivity contribution in [3.05, 3.63) is 71.8 Å². The topological polar surface area (TPSA) is 93.1 Å². The van der Waals surface area contributed by atoms with E-state index in [1.54, 1.807) is 48.5 Å². The Morgan fingerprint density at radius 2 is 1.03 bits per heavy atom. The molecule has 0 saturated heterocycles. The largest absolute Gasteiger partial charge is 0.507 e. The second kappa shape index (κ2) is 7.40. The zero-order valence-corrected chi connectivity index (χ0v) is 16.3. The molecule has 4 aromatic carbocycles. The molecule has 0 aromatic heterocycles. The predicted octanol–water partition coefficient (Wildman–Crippen LogP) is 4.64. The molecular weight excluding hydrogens is 384 g/mol. The minimum Gasteiger partial charge on any atom is -0.507 e. The Kier molecular flexibility index (Phi) is 4.75. The lowest BCUT2D eigenvalue weighted by Gasteiger charge is -2.17. The molecule has 4 rings (SSSR count). The van der Waals surface area contributed by atoms with Crippen LogP contribution < -0.4 is 0 Å². The molecule has 0 aliphatic heterocycles. The lowest BCUT2D eigenvalue weighted by molar-refractivity contribution is 0.0594. The van der Waals surface area contributed by atoms with Gasteiger partial charge in [0, 0.05) is 21.9 Å². The van der Waals surface area contributed by atoms with Gasteiger partial charge < -0.3 is 19.7 Å². The van der Waals surface area contributed by atoms with E-state index in [-0.39, 0.29) is 33.8 Å². The Balaban J connectivity index is 2.24. The molecule has 0 spiro atoms. The summed E-state index contributed by atoms with van der Waals surface area (Å²) < 4.78 is 9.83. The molecule has 0 aliphatic carbocycles. The van der Waals surface area contributed by atoms with Crippen molar-refractivity contribution in [2.45, 2.75) is 0 Å². The van der Waals surface area contributed by atoms with Crippen LogP contribution >= 0.6 is 0 Å². The van der Waals surface area contributed by atoms with Gasteiger partial charge in [0.05, 0.1) is 25.3 Å². The summed E-state index contributed by atoms with van der Waals surface area (Å²) in [5.41, 5.74) is 0.918. The molecule has 4 aromatic rings. The van der Waals surface area contributed by atoms with Crippen molar-refractivity contribution in [2.24, 2.45) is 0 Å². The van der Waals surface area contributed by atoms with Crippen molar-refractivity contribution in [3.63, 3.8) is 0 Å². The van der Waals surface area contributed by atoms with Gasteiger partial charge in [0.25, 0.3) is 0 Å². The average Bonchev–Trinajstić information content (AvgIpc) is 2.77. The van der Waals surface area contributed by atoms with Crippen molar-refractivity contribution < 1.29 is 29.3 Å². The highest BCUT2D eigenvalue weighted by Crippen LogP contribution is 2.46. The quantitative estimate of drug-likeness (QED) is 0.485. The molecule has 6 heteroatoms. The summed E-state index contributed by atoms with van der Waals surface area (Å²) in [7, 11) is 2.54. The summed E-state index contributed by atoms with van der Waals surface area (Å²) in [6.07, 6.45) is 0. The van der Waals surface area contributed by atoms with E-state index in [9.17, 15) is 19.8 Å². The Labute approximate surface area is 171 Å². The highest BCUT2D eigenvalue weighted by atomic mass is 16.5. The monoisotopic (exact) mass is 402 g/mol. The smallest absolute Gasteiger partial charge is 0.338 e. The van der Waals surface area contributed by atoms with E-state index in [0.29, 0.717) is 21.5 Å². The summed E-state index contributed by atoms with van der Waals surface area (Å²) in [6, 6.07) is 16.5. The Morgan fingerprint density at radius 3 is 1.40 bits per heavy atom. The average molecular weight is 402 g/mol. The summed E-state index contributed by atoms with van der Waals surface area (Å²) in [6.45, 7) is 0. The standard InChI is InChI=1S/C24H18O6/c1-29-23(27)15-7-3-5-13-9-11-17(25)21(19(13)15)22-18(26)12-10-14-6-4-8-16(20(14)22)24(28)30-2/h3-12,25-26H,1-2H3. The molecule has 0 radical (unpaired) electrons. The van der Waals surface area contributed by atoms with Crippen molar-refractivity contribution in [3.8, 4) is 22.6 Å². The highest BCUT2D eigenvalue weighted by Gasteiger charge is 2.24. The van der Waals surface area contributed by atoms with E-state index in [4.69, 9.17) is 9.47 Å². The van der Waals surface area contributed by atoms with Crippen molar-refractivity contribution in [1.82, 2.24) is 0 Å². The van der Waals surface area contributed by atoms with E-state index < -0.39 is 11.9 Å². The minimum atomic E-state index is -0.583. The first-order chi connectivity index (χ1) is 14.5. The molecule has 0 atom stereocenters. The first-order valence-corrected chi connectivity index (χ1v) is 9.14. The number of phenolic OH excluding ortho intramolecular Hbond substituents is 2. The van der Waals surface area contributed by atoms with Gasteiger partial charge in [-0.25, -0.2) is 9.59 Å². The van der Waals surface area contributed by atoms with Crippen molar-refractivity contribution in [2.75, 3.05) is 14.2 Å². The lowest BCUT2D eigenvalue weighted by Crippen LogP contribution is -2.04. The number of esters is 2. The Hall–Kier alpha value is -4.06. The van der Waals surface area contributed by atoms with Gasteiger partial charge in [0.1, 0.15) is 11.5 Å². The summed E-state index contributed by atoms with van der Waals surface area (Å²) >= 11 is 0. The third-order valence-electron chi connectivity index (χ3n) is 5.11. The molecule has 6 nitrogen and oxygen atoms in total. The third-order valence-corrected chi connectivity index (χ3v) is 5.11. The maximum Gasteiger partial charge on any atom is 0.338 e. The molecule has 0 amide bonds. The van der Waals surface area contributed by atoms with Crippen LogP contribution in [-0.2, 0) is 9.47 Å². The highest BCUT2D eigenvalue weighted by molar-refractivity contribution is 6.19. The second-order valence-corrected chi connectivity index (χ2v) is 6.71. The van der Waals surface area contributed by atoms with Crippen LogP contribution in [0.25, 0.3) is 32.7 Å². The number of ether oxygens (including phenoxy) is 2. The van der Waals surface area contributed by atoms with E-state index in [0.717, 1.165) is 0 Å². The lowest BCUT2D eigenvalue weighted by atomic mass is 9.88. The fourth-order valence-corrected chi connectivity index (χ4v) is 3.80. The zero-order chi connectivity index (χ0) is 21.4. The second-order valence-electron chi connectivity index (χ2n) is 6.71. The number of benzene rings is 4. The van der Waals surface area contributed by atoms with Gasteiger partial charge in [-0.05, 0) is 35.0 Å². The van der Waals surface area contributed by atoms with Gasteiger partial charge >= 0.3 is 11.9 Å². The van der Waals surface area contributed by atoms with Crippen molar-refractivity contribution >= 4 is 33.5 Å². The normalized spacial score (nSPS) is 10.9. The number of carbonyl (C=O) groups excluding carboxylic acids is 2. The van der Waals surface area contributed by atoms with E-state index in [2.05, 4.69) is 0 Å². The van der Waals surface area contributed by atoms with Crippen LogP contribution in [0.15, 0.2) is 60.7 Å². The first-order valence-electron chi connectivity index (χ1n) is 9.14. The van der Waals surface area contributed by atoms with Gasteiger partial charge in [0.15, 0.2) is 0 Å². The molecule has 0 saturated carbocycles. The summed E-state index contributed by atoms with van der Waals surface area (Å²) in [4.78, 5) is 24.9. The molecule has 30 heavy (non-hydrogen) atoms. The maximum atomic E-state index is 12.5. The van der Waals surface area contributed by atoms with Gasteiger partial charge in [-0.1, -0.05) is 36.4 Å². The molecule has 150 valence electrons.